The van der Waals surface area contributed by atoms with Crippen molar-refractivity contribution in [2.45, 2.75) is 31.6 Å². The number of hydrogen-bond donors (Lipinski definition) is 0. The van der Waals surface area contributed by atoms with Gasteiger partial charge in [0.1, 0.15) is 0 Å². The van der Waals surface area contributed by atoms with Crippen molar-refractivity contribution in [2.24, 2.45) is 10.2 Å². The van der Waals surface area contributed by atoms with Crippen LogP contribution in [0.5, 0.6) is 0 Å². The highest BCUT2D eigenvalue weighted by Crippen LogP contribution is 2.53. The van der Waals surface area contributed by atoms with Crippen LogP contribution in [0.3, 0.4) is 0 Å². The van der Waals surface area contributed by atoms with Crippen LogP contribution in [0.2, 0.25) is 0 Å². The molecule has 82 valence electrons. The Hall–Kier alpha value is -0.980. The standard InChI is InChI=1S/C8H8F3N3S/c1-4(2)5-3-15-6(12-5)7(13-14-7)8(9,10)11/h3-4H,1-2H3. The Kier molecular flexibility index (Phi) is 2.11. The summed E-state index contributed by atoms with van der Waals surface area (Å²) in [6.45, 7) is 3.75. The molecule has 0 aromatic carbocycles. The molecule has 0 saturated heterocycles. The van der Waals surface area contributed by atoms with E-state index in [-0.39, 0.29) is 10.9 Å². The van der Waals surface area contributed by atoms with Gasteiger partial charge in [-0.1, -0.05) is 13.8 Å². The monoisotopic (exact) mass is 235 g/mol. The molecule has 7 heteroatoms. The van der Waals surface area contributed by atoms with Crippen LogP contribution < -0.4 is 0 Å². The molecule has 1 aliphatic heterocycles. The molecule has 0 aliphatic carbocycles. The minimum atomic E-state index is -4.47. The van der Waals surface area contributed by atoms with E-state index < -0.39 is 11.8 Å². The molecule has 15 heavy (non-hydrogen) atoms. The Labute approximate surface area is 88.1 Å². The van der Waals surface area contributed by atoms with E-state index in [4.69, 9.17) is 0 Å². The highest BCUT2D eigenvalue weighted by Gasteiger charge is 2.67. The van der Waals surface area contributed by atoms with Gasteiger partial charge in [-0.3, -0.25) is 0 Å². The van der Waals surface area contributed by atoms with Gasteiger partial charge in [0, 0.05) is 5.38 Å². The number of rotatable bonds is 2. The summed E-state index contributed by atoms with van der Waals surface area (Å²) < 4.78 is 37.7. The minimum absolute atomic E-state index is 0.0845. The maximum atomic E-state index is 12.6. The number of alkyl halides is 3. The summed E-state index contributed by atoms with van der Waals surface area (Å²) in [6.07, 6.45) is -4.47. The van der Waals surface area contributed by atoms with Gasteiger partial charge in [0.15, 0.2) is 5.01 Å². The average molecular weight is 235 g/mol. The van der Waals surface area contributed by atoms with Crippen LogP contribution in [0.1, 0.15) is 30.5 Å². The second kappa shape index (κ2) is 3.01. The zero-order valence-electron chi connectivity index (χ0n) is 8.04. The van der Waals surface area contributed by atoms with Crippen LogP contribution in [0, 0.1) is 0 Å². The zero-order valence-corrected chi connectivity index (χ0v) is 8.85. The van der Waals surface area contributed by atoms with Crippen LogP contribution in [0.4, 0.5) is 13.2 Å². The summed E-state index contributed by atoms with van der Waals surface area (Å²) in [4.78, 5) is 3.92. The largest absolute Gasteiger partial charge is 0.444 e. The summed E-state index contributed by atoms with van der Waals surface area (Å²) in [5, 5.41) is 7.73. The van der Waals surface area contributed by atoms with Crippen molar-refractivity contribution in [2.75, 3.05) is 0 Å². The molecule has 2 heterocycles. The molecule has 1 aromatic heterocycles. The Balaban J connectivity index is 2.31. The molecule has 1 aromatic rings. The topological polar surface area (TPSA) is 37.6 Å². The first-order chi connectivity index (χ1) is 6.87. The predicted molar refractivity (Wildman–Crippen MR) is 48.8 cm³/mol. The maximum Gasteiger partial charge on any atom is 0.444 e. The van der Waals surface area contributed by atoms with Crippen molar-refractivity contribution in [3.8, 4) is 0 Å². The van der Waals surface area contributed by atoms with Crippen LogP contribution >= 0.6 is 11.3 Å². The van der Waals surface area contributed by atoms with Crippen molar-refractivity contribution < 1.29 is 13.2 Å². The van der Waals surface area contributed by atoms with Crippen LogP contribution in [0.15, 0.2) is 15.6 Å². The van der Waals surface area contributed by atoms with E-state index in [1.807, 2.05) is 13.8 Å². The third-order valence-corrected chi connectivity index (χ3v) is 3.07. The van der Waals surface area contributed by atoms with E-state index in [0.29, 0.717) is 5.69 Å². The lowest BCUT2D eigenvalue weighted by atomic mass is 10.1. The van der Waals surface area contributed by atoms with Crippen molar-refractivity contribution >= 4 is 11.3 Å². The second-order valence-electron chi connectivity index (χ2n) is 3.60. The molecule has 0 N–H and O–H groups in total. The Bertz CT molecular complexity index is 402. The third kappa shape index (κ3) is 1.54. The highest BCUT2D eigenvalue weighted by atomic mass is 32.1. The summed E-state index contributed by atoms with van der Waals surface area (Å²) >= 11 is 0.956. The SMILES string of the molecule is CC(C)c1csc(C2(C(F)(F)F)N=N2)n1. The van der Waals surface area contributed by atoms with Gasteiger partial charge in [-0.25, -0.2) is 4.98 Å². The van der Waals surface area contributed by atoms with Gasteiger partial charge >= 0.3 is 11.8 Å². The van der Waals surface area contributed by atoms with E-state index in [1.165, 1.54) is 0 Å². The molecule has 1 aliphatic rings. The first-order valence-electron chi connectivity index (χ1n) is 4.33. The molecule has 0 atom stereocenters. The fraction of sp³-hybridized carbons (Fsp3) is 0.625. The molecular formula is C8H8F3N3S. The van der Waals surface area contributed by atoms with Gasteiger partial charge in [0.05, 0.1) is 5.69 Å². The van der Waals surface area contributed by atoms with Gasteiger partial charge in [0.25, 0.3) is 0 Å². The minimum Gasteiger partial charge on any atom is -0.241 e. The van der Waals surface area contributed by atoms with E-state index >= 15 is 0 Å². The van der Waals surface area contributed by atoms with Crippen molar-refractivity contribution in [3.63, 3.8) is 0 Å². The molecule has 0 spiro atoms. The molecule has 3 nitrogen and oxygen atoms in total. The third-order valence-electron chi connectivity index (χ3n) is 2.11. The Morgan fingerprint density at radius 2 is 1.93 bits per heavy atom. The zero-order chi connectivity index (χ0) is 11.3. The smallest absolute Gasteiger partial charge is 0.241 e. The Morgan fingerprint density at radius 3 is 2.27 bits per heavy atom. The quantitative estimate of drug-likeness (QED) is 0.773. The predicted octanol–water partition coefficient (Wildman–Crippen LogP) is 3.45. The van der Waals surface area contributed by atoms with Gasteiger partial charge in [-0.05, 0) is 5.92 Å². The summed E-state index contributed by atoms with van der Waals surface area (Å²) in [6, 6.07) is 0. The number of nitrogens with zero attached hydrogens (tertiary/aromatic N) is 3. The van der Waals surface area contributed by atoms with Crippen molar-refractivity contribution in [3.05, 3.63) is 16.1 Å². The molecule has 0 saturated carbocycles. The van der Waals surface area contributed by atoms with E-state index in [9.17, 15) is 13.2 Å². The van der Waals surface area contributed by atoms with Crippen LogP contribution in [-0.2, 0) is 5.66 Å². The molecule has 0 radical (unpaired) electrons. The van der Waals surface area contributed by atoms with Crippen molar-refractivity contribution in [1.82, 2.24) is 4.98 Å². The van der Waals surface area contributed by atoms with Crippen LogP contribution in [0.25, 0.3) is 0 Å². The number of hydrogen-bond acceptors (Lipinski definition) is 4. The van der Waals surface area contributed by atoms with Gasteiger partial charge in [-0.15, -0.1) is 21.6 Å². The van der Waals surface area contributed by atoms with E-state index in [0.717, 1.165) is 11.3 Å². The van der Waals surface area contributed by atoms with Gasteiger partial charge in [-0.2, -0.15) is 13.2 Å². The summed E-state index contributed by atoms with van der Waals surface area (Å²) in [5.41, 5.74) is -1.71. The van der Waals surface area contributed by atoms with Gasteiger partial charge in [0.2, 0.25) is 0 Å². The molecule has 0 fully saturated rings. The molecular weight excluding hydrogens is 227 g/mol. The Morgan fingerprint density at radius 1 is 1.33 bits per heavy atom. The lowest BCUT2D eigenvalue weighted by molar-refractivity contribution is -0.166. The van der Waals surface area contributed by atoms with Crippen LogP contribution in [-0.4, -0.2) is 11.2 Å². The second-order valence-corrected chi connectivity index (χ2v) is 4.46. The summed E-state index contributed by atoms with van der Waals surface area (Å²) in [5.74, 6) is 0.110. The maximum absolute atomic E-state index is 12.6. The fourth-order valence-corrected chi connectivity index (χ4v) is 2.16. The highest BCUT2D eigenvalue weighted by molar-refractivity contribution is 7.09. The molecule has 2 rings (SSSR count). The number of halogens is 3. The van der Waals surface area contributed by atoms with E-state index in [2.05, 4.69) is 15.2 Å². The average Bonchev–Trinajstić information content (AvgIpc) is 2.77. The molecule has 0 bridgehead atoms. The number of thiazole rings is 1. The lowest BCUT2D eigenvalue weighted by Crippen LogP contribution is -2.30. The first-order valence-corrected chi connectivity index (χ1v) is 5.21. The fourth-order valence-electron chi connectivity index (χ4n) is 1.08. The summed E-state index contributed by atoms with van der Waals surface area (Å²) in [7, 11) is 0. The normalized spacial score (nSPS) is 18.5. The molecule has 0 amide bonds. The van der Waals surface area contributed by atoms with Crippen molar-refractivity contribution in [1.29, 1.82) is 0 Å². The number of aromatic nitrogens is 1. The first kappa shape index (κ1) is 10.5. The van der Waals surface area contributed by atoms with E-state index in [1.54, 1.807) is 5.38 Å². The lowest BCUT2D eigenvalue weighted by Gasteiger charge is -2.11. The molecule has 0 unspecified atom stereocenters. The van der Waals surface area contributed by atoms with Gasteiger partial charge < -0.3 is 0 Å².